The largest absolute Gasteiger partial charge is 0.360 e. The fraction of sp³-hybridized carbons (Fsp3) is 0.278. The summed E-state index contributed by atoms with van der Waals surface area (Å²) >= 11 is 6.41. The molecule has 0 saturated carbocycles. The van der Waals surface area contributed by atoms with Crippen molar-refractivity contribution in [2.24, 2.45) is 0 Å². The number of thiophene rings is 1. The van der Waals surface area contributed by atoms with Gasteiger partial charge in [-0.15, -0.1) is 33.3 Å². The first-order chi connectivity index (χ1) is 13.3. The summed E-state index contributed by atoms with van der Waals surface area (Å²) in [5.41, 5.74) is 0. The van der Waals surface area contributed by atoms with E-state index in [9.17, 15) is 4.79 Å². The zero-order chi connectivity index (χ0) is 18.7. The van der Waals surface area contributed by atoms with Crippen LogP contribution in [0.4, 0.5) is 5.13 Å². The summed E-state index contributed by atoms with van der Waals surface area (Å²) in [4.78, 5) is 14.5. The van der Waals surface area contributed by atoms with E-state index >= 15 is 0 Å². The standard InChI is InChI=1S/C18H20N4OS4/c23-16(19-10-12-25-14-5-2-1-3-6-14)13-26-18-22-21-17(27-18)20-9-8-15-7-4-11-24-15/h1-7,11H,8-10,12-13H2,(H,19,23)(H,20,21). The summed E-state index contributed by atoms with van der Waals surface area (Å²) in [5.74, 6) is 1.24. The van der Waals surface area contributed by atoms with Crippen LogP contribution in [0.25, 0.3) is 0 Å². The number of hydrogen-bond acceptors (Lipinski definition) is 8. The van der Waals surface area contributed by atoms with Gasteiger partial charge in [0.05, 0.1) is 5.75 Å². The van der Waals surface area contributed by atoms with Crippen molar-refractivity contribution in [1.29, 1.82) is 0 Å². The Labute approximate surface area is 175 Å². The van der Waals surface area contributed by atoms with Gasteiger partial charge in [0.15, 0.2) is 4.34 Å². The lowest BCUT2D eigenvalue weighted by Gasteiger charge is -2.04. The molecule has 3 rings (SSSR count). The van der Waals surface area contributed by atoms with E-state index in [2.05, 4.69) is 50.5 Å². The van der Waals surface area contributed by atoms with Crippen molar-refractivity contribution < 1.29 is 4.79 Å². The molecular weight excluding hydrogens is 416 g/mol. The van der Waals surface area contributed by atoms with E-state index in [0.29, 0.717) is 12.3 Å². The van der Waals surface area contributed by atoms with Gasteiger partial charge >= 0.3 is 0 Å². The molecule has 0 aliphatic carbocycles. The molecule has 0 atom stereocenters. The first-order valence-corrected chi connectivity index (χ1v) is 12.1. The Bertz CT molecular complexity index is 808. The van der Waals surface area contributed by atoms with Gasteiger partial charge in [-0.2, -0.15) is 0 Å². The number of carbonyl (C=O) groups is 1. The minimum atomic E-state index is 0.0241. The highest BCUT2D eigenvalue weighted by atomic mass is 32.2. The van der Waals surface area contributed by atoms with Gasteiger partial charge in [-0.25, -0.2) is 0 Å². The molecule has 0 aliphatic rings. The highest BCUT2D eigenvalue weighted by Gasteiger charge is 2.08. The molecule has 0 aliphatic heterocycles. The van der Waals surface area contributed by atoms with E-state index in [0.717, 1.165) is 28.2 Å². The topological polar surface area (TPSA) is 66.9 Å². The minimum Gasteiger partial charge on any atom is -0.360 e. The number of hydrogen-bond donors (Lipinski definition) is 2. The van der Waals surface area contributed by atoms with Gasteiger partial charge in [-0.1, -0.05) is 47.4 Å². The predicted molar refractivity (Wildman–Crippen MR) is 117 cm³/mol. The molecule has 2 aromatic heterocycles. The maximum absolute atomic E-state index is 11.9. The summed E-state index contributed by atoms with van der Waals surface area (Å²) in [5, 5.41) is 17.4. The van der Waals surface area contributed by atoms with E-state index in [1.165, 1.54) is 32.9 Å². The average molecular weight is 437 g/mol. The first-order valence-electron chi connectivity index (χ1n) is 8.47. The van der Waals surface area contributed by atoms with Gasteiger partial charge in [0.25, 0.3) is 0 Å². The van der Waals surface area contributed by atoms with E-state index in [-0.39, 0.29) is 5.91 Å². The SMILES string of the molecule is O=C(CSc1nnc(NCCc2cccs2)s1)NCCSc1ccccc1. The van der Waals surface area contributed by atoms with Crippen LogP contribution in [0.15, 0.2) is 57.1 Å². The van der Waals surface area contributed by atoms with Gasteiger partial charge in [0.2, 0.25) is 11.0 Å². The summed E-state index contributed by atoms with van der Waals surface area (Å²) in [7, 11) is 0. The predicted octanol–water partition coefficient (Wildman–Crippen LogP) is 4.25. The van der Waals surface area contributed by atoms with Gasteiger partial charge in [0, 0.05) is 28.6 Å². The van der Waals surface area contributed by atoms with Crippen LogP contribution in [0.1, 0.15) is 4.88 Å². The molecule has 27 heavy (non-hydrogen) atoms. The summed E-state index contributed by atoms with van der Waals surface area (Å²) in [6.07, 6.45) is 0.975. The van der Waals surface area contributed by atoms with E-state index in [1.807, 2.05) is 18.2 Å². The van der Waals surface area contributed by atoms with Crippen molar-refractivity contribution in [2.75, 3.05) is 29.9 Å². The van der Waals surface area contributed by atoms with Crippen LogP contribution in [0.3, 0.4) is 0 Å². The number of nitrogens with one attached hydrogen (secondary N) is 2. The smallest absolute Gasteiger partial charge is 0.230 e. The second kappa shape index (κ2) is 11.3. The van der Waals surface area contributed by atoms with Crippen LogP contribution in [-0.4, -0.2) is 40.7 Å². The van der Waals surface area contributed by atoms with Crippen LogP contribution in [0.2, 0.25) is 0 Å². The molecule has 142 valence electrons. The third-order valence-electron chi connectivity index (χ3n) is 3.40. The molecule has 0 bridgehead atoms. The fourth-order valence-electron chi connectivity index (χ4n) is 2.14. The quantitative estimate of drug-likeness (QED) is 0.346. The minimum absolute atomic E-state index is 0.0241. The molecule has 1 amide bonds. The normalized spacial score (nSPS) is 10.7. The summed E-state index contributed by atoms with van der Waals surface area (Å²) in [6.45, 7) is 1.49. The molecular formula is C18H20N4OS4. The molecule has 1 aromatic carbocycles. The molecule has 0 saturated heterocycles. The Kier molecular flexibility index (Phi) is 8.47. The Hall–Kier alpha value is -1.55. The van der Waals surface area contributed by atoms with Crippen LogP contribution < -0.4 is 10.6 Å². The molecule has 5 nitrogen and oxygen atoms in total. The lowest BCUT2D eigenvalue weighted by atomic mass is 10.3. The second-order valence-corrected chi connectivity index (χ2v) is 9.83. The van der Waals surface area contributed by atoms with Crippen LogP contribution in [0, 0.1) is 0 Å². The average Bonchev–Trinajstić information content (AvgIpc) is 3.37. The van der Waals surface area contributed by atoms with Gasteiger partial charge in [-0.05, 0) is 30.0 Å². The highest BCUT2D eigenvalue weighted by molar-refractivity contribution is 8.01. The highest BCUT2D eigenvalue weighted by Crippen LogP contribution is 2.25. The zero-order valence-electron chi connectivity index (χ0n) is 14.6. The molecule has 0 unspecified atom stereocenters. The molecule has 0 fully saturated rings. The number of carbonyl (C=O) groups excluding carboxylic acids is 1. The number of nitrogens with zero attached hydrogens (tertiary/aromatic N) is 2. The van der Waals surface area contributed by atoms with E-state index in [4.69, 9.17) is 0 Å². The van der Waals surface area contributed by atoms with Gasteiger partial charge < -0.3 is 10.6 Å². The molecule has 0 spiro atoms. The van der Waals surface area contributed by atoms with Gasteiger partial charge in [0.1, 0.15) is 0 Å². The van der Waals surface area contributed by atoms with Crippen LogP contribution in [-0.2, 0) is 11.2 Å². The number of rotatable bonds is 11. The zero-order valence-corrected chi connectivity index (χ0v) is 17.9. The van der Waals surface area contributed by atoms with Crippen molar-refractivity contribution in [1.82, 2.24) is 15.5 Å². The Balaban J connectivity index is 1.28. The lowest BCUT2D eigenvalue weighted by molar-refractivity contribution is -0.118. The molecule has 0 radical (unpaired) electrons. The maximum Gasteiger partial charge on any atom is 0.230 e. The Morgan fingerprint density at radius 3 is 2.74 bits per heavy atom. The Morgan fingerprint density at radius 1 is 1.04 bits per heavy atom. The number of anilines is 1. The van der Waals surface area contributed by atoms with Crippen molar-refractivity contribution >= 4 is 57.2 Å². The van der Waals surface area contributed by atoms with Crippen molar-refractivity contribution in [3.63, 3.8) is 0 Å². The summed E-state index contributed by atoms with van der Waals surface area (Å²) < 4.78 is 0.808. The number of benzene rings is 1. The summed E-state index contributed by atoms with van der Waals surface area (Å²) in [6, 6.07) is 14.4. The Morgan fingerprint density at radius 2 is 1.93 bits per heavy atom. The third kappa shape index (κ3) is 7.53. The van der Waals surface area contributed by atoms with E-state index < -0.39 is 0 Å². The van der Waals surface area contributed by atoms with Crippen molar-refractivity contribution in [3.05, 3.63) is 52.7 Å². The second-order valence-electron chi connectivity index (χ2n) is 5.43. The number of thioether (sulfide) groups is 2. The van der Waals surface area contributed by atoms with Crippen LogP contribution in [0.5, 0.6) is 0 Å². The van der Waals surface area contributed by atoms with Gasteiger partial charge in [-0.3, -0.25) is 4.79 Å². The third-order valence-corrected chi connectivity index (χ3v) is 7.36. The molecule has 3 aromatic rings. The fourth-order valence-corrected chi connectivity index (χ4v) is 5.25. The molecule has 9 heteroatoms. The number of amides is 1. The van der Waals surface area contributed by atoms with E-state index in [1.54, 1.807) is 23.1 Å². The van der Waals surface area contributed by atoms with Crippen molar-refractivity contribution in [3.8, 4) is 0 Å². The number of aromatic nitrogens is 2. The molecule has 2 heterocycles. The van der Waals surface area contributed by atoms with Crippen LogP contribution >= 0.6 is 46.2 Å². The van der Waals surface area contributed by atoms with Crippen molar-refractivity contribution in [2.45, 2.75) is 15.7 Å². The lowest BCUT2D eigenvalue weighted by Crippen LogP contribution is -2.27. The maximum atomic E-state index is 11.9. The first kappa shape index (κ1) is 20.2. The molecule has 2 N–H and O–H groups in total. The monoisotopic (exact) mass is 436 g/mol.